The lowest BCUT2D eigenvalue weighted by atomic mass is 10.2. The second kappa shape index (κ2) is 6.49. The third kappa shape index (κ3) is 3.49. The molecule has 1 N–H and O–H groups in total. The quantitative estimate of drug-likeness (QED) is 0.738. The SMILES string of the molecule is Cc1csc(NC(=O)COC(=O)c2cccc3nccnc23)n1. The number of hydrogen-bond acceptors (Lipinski definition) is 7. The van der Waals surface area contributed by atoms with Crippen LogP contribution < -0.4 is 5.32 Å². The molecule has 0 radical (unpaired) electrons. The van der Waals surface area contributed by atoms with Gasteiger partial charge in [-0.25, -0.2) is 9.78 Å². The van der Waals surface area contributed by atoms with E-state index >= 15 is 0 Å². The number of para-hydroxylation sites is 1. The summed E-state index contributed by atoms with van der Waals surface area (Å²) in [6.07, 6.45) is 3.04. The van der Waals surface area contributed by atoms with Gasteiger partial charge in [0.2, 0.25) is 0 Å². The summed E-state index contributed by atoms with van der Waals surface area (Å²) in [7, 11) is 0. The number of thiazole rings is 1. The number of anilines is 1. The van der Waals surface area contributed by atoms with Crippen molar-refractivity contribution < 1.29 is 14.3 Å². The van der Waals surface area contributed by atoms with Crippen molar-refractivity contribution in [2.24, 2.45) is 0 Å². The average molecular weight is 328 g/mol. The number of aromatic nitrogens is 3. The molecule has 8 heteroatoms. The van der Waals surface area contributed by atoms with Gasteiger partial charge in [-0.2, -0.15) is 0 Å². The van der Waals surface area contributed by atoms with Crippen molar-refractivity contribution >= 4 is 39.4 Å². The molecule has 0 atom stereocenters. The Balaban J connectivity index is 1.65. The molecule has 0 saturated heterocycles. The van der Waals surface area contributed by atoms with Gasteiger partial charge in [0.15, 0.2) is 11.7 Å². The molecule has 0 saturated carbocycles. The van der Waals surface area contributed by atoms with E-state index in [1.54, 1.807) is 24.4 Å². The minimum atomic E-state index is -0.624. The van der Waals surface area contributed by atoms with Crippen molar-refractivity contribution in [3.05, 3.63) is 47.2 Å². The molecule has 0 aliphatic carbocycles. The van der Waals surface area contributed by atoms with E-state index in [-0.39, 0.29) is 5.56 Å². The van der Waals surface area contributed by atoms with Crippen LogP contribution in [0.4, 0.5) is 5.13 Å². The van der Waals surface area contributed by atoms with Crippen LogP contribution in [0, 0.1) is 6.92 Å². The normalized spacial score (nSPS) is 10.5. The zero-order valence-corrected chi connectivity index (χ0v) is 13.0. The van der Waals surface area contributed by atoms with Crippen LogP contribution in [0.3, 0.4) is 0 Å². The topological polar surface area (TPSA) is 94.1 Å². The molecule has 116 valence electrons. The fourth-order valence-corrected chi connectivity index (χ4v) is 2.64. The molecular weight excluding hydrogens is 316 g/mol. The molecule has 0 aliphatic rings. The van der Waals surface area contributed by atoms with Gasteiger partial charge in [-0.15, -0.1) is 11.3 Å². The third-order valence-electron chi connectivity index (χ3n) is 2.92. The van der Waals surface area contributed by atoms with E-state index < -0.39 is 18.5 Å². The fourth-order valence-electron chi connectivity index (χ4n) is 1.93. The molecule has 3 aromatic rings. The number of carbonyl (C=O) groups excluding carboxylic acids is 2. The van der Waals surface area contributed by atoms with E-state index in [2.05, 4.69) is 20.3 Å². The van der Waals surface area contributed by atoms with Gasteiger partial charge in [0, 0.05) is 17.8 Å². The Morgan fingerprint density at radius 1 is 1.26 bits per heavy atom. The fraction of sp³-hybridized carbons (Fsp3) is 0.133. The van der Waals surface area contributed by atoms with Gasteiger partial charge in [0.05, 0.1) is 16.8 Å². The minimum Gasteiger partial charge on any atom is -0.452 e. The van der Waals surface area contributed by atoms with Crippen LogP contribution >= 0.6 is 11.3 Å². The Labute approximate surface area is 135 Å². The van der Waals surface area contributed by atoms with E-state index in [0.29, 0.717) is 16.2 Å². The molecular formula is C15H12N4O3S. The summed E-state index contributed by atoms with van der Waals surface area (Å²) in [6, 6.07) is 5.02. The second-order valence-electron chi connectivity index (χ2n) is 4.65. The zero-order chi connectivity index (χ0) is 16.2. The van der Waals surface area contributed by atoms with E-state index in [1.165, 1.54) is 17.5 Å². The van der Waals surface area contributed by atoms with Gasteiger partial charge in [-0.3, -0.25) is 20.1 Å². The number of aryl methyl sites for hydroxylation is 1. The Kier molecular flexibility index (Phi) is 4.24. The van der Waals surface area contributed by atoms with Gasteiger partial charge in [-0.1, -0.05) is 6.07 Å². The standard InChI is InChI=1S/C15H12N4O3S/c1-9-8-23-15(18-9)19-12(20)7-22-14(21)10-3-2-4-11-13(10)17-6-5-16-11/h2-6,8H,7H2,1H3,(H,18,19,20). The number of hydrogen-bond donors (Lipinski definition) is 1. The molecule has 3 rings (SSSR count). The summed E-state index contributed by atoms with van der Waals surface area (Å²) < 4.78 is 5.04. The van der Waals surface area contributed by atoms with Gasteiger partial charge in [0.1, 0.15) is 5.52 Å². The Hall–Kier alpha value is -2.87. The van der Waals surface area contributed by atoms with Gasteiger partial charge < -0.3 is 4.74 Å². The number of ether oxygens (including phenoxy) is 1. The molecule has 0 bridgehead atoms. The molecule has 23 heavy (non-hydrogen) atoms. The maximum atomic E-state index is 12.1. The third-order valence-corrected chi connectivity index (χ3v) is 3.79. The van der Waals surface area contributed by atoms with Crippen LogP contribution in [-0.2, 0) is 9.53 Å². The van der Waals surface area contributed by atoms with Gasteiger partial charge >= 0.3 is 5.97 Å². The summed E-state index contributed by atoms with van der Waals surface area (Å²) in [5, 5.41) is 4.86. The molecule has 0 aliphatic heterocycles. The first-order valence-corrected chi connectivity index (χ1v) is 7.60. The number of esters is 1. The highest BCUT2D eigenvalue weighted by atomic mass is 32.1. The van der Waals surface area contributed by atoms with Crippen LogP contribution in [0.15, 0.2) is 36.0 Å². The molecule has 2 aromatic heterocycles. The first-order chi connectivity index (χ1) is 11.1. The lowest BCUT2D eigenvalue weighted by molar-refractivity contribution is -0.119. The number of nitrogens with one attached hydrogen (secondary N) is 1. The molecule has 2 heterocycles. The zero-order valence-electron chi connectivity index (χ0n) is 12.1. The van der Waals surface area contributed by atoms with Crippen LogP contribution in [-0.4, -0.2) is 33.4 Å². The van der Waals surface area contributed by atoms with Gasteiger partial charge in [0.25, 0.3) is 5.91 Å². The summed E-state index contributed by atoms with van der Waals surface area (Å²) in [5.41, 5.74) is 2.12. The molecule has 1 amide bonds. The first kappa shape index (κ1) is 15.0. The van der Waals surface area contributed by atoms with Crippen LogP contribution in [0.25, 0.3) is 11.0 Å². The predicted molar refractivity (Wildman–Crippen MR) is 85.3 cm³/mol. The highest BCUT2D eigenvalue weighted by Gasteiger charge is 2.15. The summed E-state index contributed by atoms with van der Waals surface area (Å²) in [4.78, 5) is 36.3. The van der Waals surface area contributed by atoms with E-state index in [4.69, 9.17) is 4.74 Å². The van der Waals surface area contributed by atoms with Crippen molar-refractivity contribution in [1.82, 2.24) is 15.0 Å². The maximum absolute atomic E-state index is 12.1. The minimum absolute atomic E-state index is 0.272. The van der Waals surface area contributed by atoms with Crippen LogP contribution in [0.1, 0.15) is 16.1 Å². The van der Waals surface area contributed by atoms with E-state index in [1.807, 2.05) is 12.3 Å². The Bertz CT molecular complexity index is 873. The van der Waals surface area contributed by atoms with Crippen LogP contribution in [0.2, 0.25) is 0 Å². The van der Waals surface area contributed by atoms with Crippen molar-refractivity contribution in [2.45, 2.75) is 6.92 Å². The number of benzene rings is 1. The van der Waals surface area contributed by atoms with E-state index in [9.17, 15) is 9.59 Å². The van der Waals surface area contributed by atoms with Crippen LogP contribution in [0.5, 0.6) is 0 Å². The number of carbonyl (C=O) groups is 2. The highest BCUT2D eigenvalue weighted by Crippen LogP contribution is 2.16. The number of nitrogens with zero attached hydrogens (tertiary/aromatic N) is 3. The van der Waals surface area contributed by atoms with Crippen molar-refractivity contribution in [1.29, 1.82) is 0 Å². The predicted octanol–water partition coefficient (Wildman–Crippen LogP) is 2.19. The van der Waals surface area contributed by atoms with Crippen molar-refractivity contribution in [3.8, 4) is 0 Å². The first-order valence-electron chi connectivity index (χ1n) is 6.72. The Morgan fingerprint density at radius 3 is 2.87 bits per heavy atom. The smallest absolute Gasteiger partial charge is 0.340 e. The lowest BCUT2D eigenvalue weighted by Crippen LogP contribution is -2.21. The monoisotopic (exact) mass is 328 g/mol. The molecule has 7 nitrogen and oxygen atoms in total. The second-order valence-corrected chi connectivity index (χ2v) is 5.51. The van der Waals surface area contributed by atoms with Crippen molar-refractivity contribution in [3.63, 3.8) is 0 Å². The molecule has 1 aromatic carbocycles. The maximum Gasteiger partial charge on any atom is 0.340 e. The Morgan fingerprint density at radius 2 is 2.09 bits per heavy atom. The largest absolute Gasteiger partial charge is 0.452 e. The summed E-state index contributed by atoms with van der Waals surface area (Å²) in [5.74, 6) is -1.07. The number of fused-ring (bicyclic) bond motifs is 1. The molecule has 0 fully saturated rings. The van der Waals surface area contributed by atoms with Gasteiger partial charge in [-0.05, 0) is 19.1 Å². The summed E-state index contributed by atoms with van der Waals surface area (Å²) in [6.45, 7) is 1.43. The number of rotatable bonds is 4. The van der Waals surface area contributed by atoms with Crippen molar-refractivity contribution in [2.75, 3.05) is 11.9 Å². The molecule has 0 spiro atoms. The molecule has 0 unspecified atom stereocenters. The average Bonchev–Trinajstić information content (AvgIpc) is 2.97. The lowest BCUT2D eigenvalue weighted by Gasteiger charge is -2.06. The highest BCUT2D eigenvalue weighted by molar-refractivity contribution is 7.13. The number of amides is 1. The summed E-state index contributed by atoms with van der Waals surface area (Å²) >= 11 is 1.31. The van der Waals surface area contributed by atoms with E-state index in [0.717, 1.165) is 5.69 Å².